The molecule has 1 aliphatic rings. The van der Waals surface area contributed by atoms with Gasteiger partial charge in [0.05, 0.1) is 17.0 Å². The Morgan fingerprint density at radius 2 is 1.82 bits per heavy atom. The zero-order chi connectivity index (χ0) is 31.9. The van der Waals surface area contributed by atoms with Crippen molar-refractivity contribution in [1.29, 1.82) is 0 Å². The molecule has 2 N–H and O–H groups in total. The molecule has 13 nitrogen and oxygen atoms in total. The van der Waals surface area contributed by atoms with Crippen molar-refractivity contribution in [3.63, 3.8) is 0 Å². The summed E-state index contributed by atoms with van der Waals surface area (Å²) in [5.74, 6) is -1.20. The first-order chi connectivity index (χ1) is 20.8. The van der Waals surface area contributed by atoms with Crippen LogP contribution >= 0.6 is 15.9 Å². The number of alkyl halides is 3. The molecule has 44 heavy (non-hydrogen) atoms. The Kier molecular flexibility index (Phi) is 8.33. The fraction of sp³-hybridized carbons (Fsp3) is 0.370. The van der Waals surface area contributed by atoms with Gasteiger partial charge in [0.15, 0.2) is 11.4 Å². The molecule has 5 rings (SSSR count). The third kappa shape index (κ3) is 5.82. The summed E-state index contributed by atoms with van der Waals surface area (Å²) in [6.45, 7) is 5.49. The standard InChI is InChI=1S/C27H27BrF3N9O4/c1-4-18-21(37-7-9-38(10-8-37)23(43)20-22(42)15(3)32-13-33-20)24(44)40-26(35-25(28)36-40)39(18)12-19(41)34-17-6-5-16(11-14(17)2)27(29,30)31/h5-6,11,13,42H,4,7-10,12H2,1-3H3,(H,34,41). The number of carbonyl (C=O) groups is 2. The molecule has 0 bridgehead atoms. The van der Waals surface area contributed by atoms with E-state index in [4.69, 9.17) is 0 Å². The van der Waals surface area contributed by atoms with Crippen molar-refractivity contribution in [3.05, 3.63) is 67.8 Å². The van der Waals surface area contributed by atoms with E-state index in [1.807, 2.05) is 6.92 Å². The molecule has 1 aromatic carbocycles. The van der Waals surface area contributed by atoms with Crippen molar-refractivity contribution >= 4 is 44.9 Å². The number of carbonyl (C=O) groups excluding carboxylic acids is 2. The Hall–Kier alpha value is -4.54. The monoisotopic (exact) mass is 677 g/mol. The Labute approximate surface area is 256 Å². The molecule has 4 aromatic rings. The van der Waals surface area contributed by atoms with E-state index in [1.54, 1.807) is 16.4 Å². The molecule has 3 aromatic heterocycles. The summed E-state index contributed by atoms with van der Waals surface area (Å²) in [6.07, 6.45) is -2.99. The molecule has 0 saturated carbocycles. The van der Waals surface area contributed by atoms with Crippen molar-refractivity contribution in [2.45, 2.75) is 39.9 Å². The summed E-state index contributed by atoms with van der Waals surface area (Å²) in [7, 11) is 0. The van der Waals surface area contributed by atoms with E-state index < -0.39 is 29.1 Å². The molecular weight excluding hydrogens is 651 g/mol. The highest BCUT2D eigenvalue weighted by atomic mass is 79.9. The lowest BCUT2D eigenvalue weighted by Crippen LogP contribution is -2.51. The summed E-state index contributed by atoms with van der Waals surface area (Å²) in [4.78, 5) is 55.4. The van der Waals surface area contributed by atoms with Crippen molar-refractivity contribution in [2.24, 2.45) is 0 Å². The van der Waals surface area contributed by atoms with Crippen LogP contribution in [-0.2, 0) is 23.9 Å². The third-order valence-corrected chi connectivity index (χ3v) is 7.69. The summed E-state index contributed by atoms with van der Waals surface area (Å²) in [5.41, 5.74) is 0.102. The smallest absolute Gasteiger partial charge is 0.416 e. The van der Waals surface area contributed by atoms with Crippen molar-refractivity contribution in [2.75, 3.05) is 36.4 Å². The van der Waals surface area contributed by atoms with Gasteiger partial charge in [-0.3, -0.25) is 14.4 Å². The average Bonchev–Trinajstić information content (AvgIpc) is 3.38. The Morgan fingerprint density at radius 1 is 1.11 bits per heavy atom. The summed E-state index contributed by atoms with van der Waals surface area (Å²) >= 11 is 3.19. The SMILES string of the molecule is CCc1c(N2CCN(C(=O)c3ncnc(C)c3O)CC2)c(=O)n2nc(Br)nc2n1CC(=O)Nc1ccc(C(F)(F)F)cc1C. The Balaban J connectivity index is 1.43. The van der Waals surface area contributed by atoms with Crippen LogP contribution < -0.4 is 15.8 Å². The highest BCUT2D eigenvalue weighted by molar-refractivity contribution is 9.10. The maximum Gasteiger partial charge on any atom is 0.416 e. The van der Waals surface area contributed by atoms with Gasteiger partial charge in [0, 0.05) is 31.9 Å². The average molecular weight is 678 g/mol. The van der Waals surface area contributed by atoms with Gasteiger partial charge >= 0.3 is 6.18 Å². The quantitative estimate of drug-likeness (QED) is 0.314. The van der Waals surface area contributed by atoms with E-state index in [9.17, 15) is 32.7 Å². The number of amides is 2. The zero-order valence-corrected chi connectivity index (χ0v) is 25.4. The van der Waals surface area contributed by atoms with Crippen LogP contribution in [0.4, 0.5) is 24.5 Å². The second-order valence-corrected chi connectivity index (χ2v) is 10.9. The topological polar surface area (TPSA) is 151 Å². The lowest BCUT2D eigenvalue weighted by molar-refractivity contribution is -0.137. The van der Waals surface area contributed by atoms with Gasteiger partial charge in [0.2, 0.25) is 16.4 Å². The number of aromatic nitrogens is 6. The minimum Gasteiger partial charge on any atom is -0.504 e. The number of aromatic hydroxyl groups is 1. The molecule has 0 aliphatic carbocycles. The maximum absolute atomic E-state index is 13.7. The molecule has 232 valence electrons. The lowest BCUT2D eigenvalue weighted by Gasteiger charge is -2.36. The van der Waals surface area contributed by atoms with Crippen molar-refractivity contribution < 1.29 is 27.9 Å². The number of fused-ring (bicyclic) bond motifs is 1. The van der Waals surface area contributed by atoms with Gasteiger partial charge in [0.25, 0.3) is 11.5 Å². The molecule has 0 radical (unpaired) electrons. The van der Waals surface area contributed by atoms with Gasteiger partial charge in [-0.15, -0.1) is 5.10 Å². The van der Waals surface area contributed by atoms with E-state index in [0.717, 1.165) is 16.6 Å². The number of nitrogens with one attached hydrogen (secondary N) is 1. The van der Waals surface area contributed by atoms with Gasteiger partial charge in [-0.25, -0.2) is 9.97 Å². The fourth-order valence-electron chi connectivity index (χ4n) is 5.12. The maximum atomic E-state index is 13.7. The predicted octanol–water partition coefficient (Wildman–Crippen LogP) is 2.95. The number of hydrogen-bond donors (Lipinski definition) is 2. The van der Waals surface area contributed by atoms with Crippen molar-refractivity contribution in [1.82, 2.24) is 34.0 Å². The van der Waals surface area contributed by atoms with E-state index in [0.29, 0.717) is 12.1 Å². The number of piperazine rings is 1. The van der Waals surface area contributed by atoms with Crippen LogP contribution in [0.5, 0.6) is 5.75 Å². The molecule has 0 unspecified atom stereocenters. The molecule has 0 spiro atoms. The third-order valence-electron chi connectivity index (χ3n) is 7.36. The molecule has 1 saturated heterocycles. The first kappa shape index (κ1) is 30.9. The minimum absolute atomic E-state index is 0.102. The lowest BCUT2D eigenvalue weighted by atomic mass is 10.1. The molecule has 2 amide bonds. The van der Waals surface area contributed by atoms with Crippen LogP contribution in [0, 0.1) is 13.8 Å². The summed E-state index contributed by atoms with van der Waals surface area (Å²) in [5, 5.41) is 17.1. The molecule has 17 heteroatoms. The minimum atomic E-state index is -4.52. The van der Waals surface area contributed by atoms with E-state index >= 15 is 0 Å². The number of anilines is 2. The van der Waals surface area contributed by atoms with Crippen LogP contribution in [0.1, 0.15) is 39.9 Å². The number of aryl methyl sites for hydroxylation is 2. The predicted molar refractivity (Wildman–Crippen MR) is 156 cm³/mol. The number of benzene rings is 1. The van der Waals surface area contributed by atoms with E-state index in [-0.39, 0.29) is 77.3 Å². The first-order valence-corrected chi connectivity index (χ1v) is 14.3. The number of nitrogens with zero attached hydrogens (tertiary/aromatic N) is 8. The molecule has 1 aliphatic heterocycles. The highest BCUT2D eigenvalue weighted by Gasteiger charge is 2.32. The number of halogens is 4. The highest BCUT2D eigenvalue weighted by Crippen LogP contribution is 2.32. The van der Waals surface area contributed by atoms with E-state index in [1.165, 1.54) is 24.2 Å². The van der Waals surface area contributed by atoms with Gasteiger partial charge in [0.1, 0.15) is 18.6 Å². The second-order valence-electron chi connectivity index (χ2n) is 10.1. The summed E-state index contributed by atoms with van der Waals surface area (Å²) < 4.78 is 42.1. The molecule has 4 heterocycles. The van der Waals surface area contributed by atoms with Crippen LogP contribution in [0.3, 0.4) is 0 Å². The van der Waals surface area contributed by atoms with Crippen LogP contribution in [0.15, 0.2) is 34.1 Å². The largest absolute Gasteiger partial charge is 0.504 e. The molecular formula is C27H27BrF3N9O4. The van der Waals surface area contributed by atoms with Crippen LogP contribution in [-0.4, -0.2) is 77.1 Å². The van der Waals surface area contributed by atoms with Gasteiger partial charge < -0.3 is 24.8 Å². The Bertz CT molecular complexity index is 1830. The fourth-order valence-corrected chi connectivity index (χ4v) is 5.44. The van der Waals surface area contributed by atoms with Gasteiger partial charge in [-0.2, -0.15) is 22.7 Å². The van der Waals surface area contributed by atoms with Gasteiger partial charge in [-0.05, 0) is 60.0 Å². The van der Waals surface area contributed by atoms with Crippen LogP contribution in [0.25, 0.3) is 5.78 Å². The summed E-state index contributed by atoms with van der Waals surface area (Å²) in [6, 6.07) is 3.04. The zero-order valence-electron chi connectivity index (χ0n) is 23.8. The second kappa shape index (κ2) is 11.9. The molecule has 0 atom stereocenters. The van der Waals surface area contributed by atoms with Crippen LogP contribution in [0.2, 0.25) is 0 Å². The Morgan fingerprint density at radius 3 is 2.45 bits per heavy atom. The molecule has 1 fully saturated rings. The van der Waals surface area contributed by atoms with Crippen molar-refractivity contribution in [3.8, 4) is 5.75 Å². The van der Waals surface area contributed by atoms with E-state index in [2.05, 4.69) is 41.3 Å². The number of rotatable bonds is 6. The number of hydrogen-bond acceptors (Lipinski definition) is 9. The first-order valence-electron chi connectivity index (χ1n) is 13.5. The normalized spacial score (nSPS) is 13.9. The van der Waals surface area contributed by atoms with Gasteiger partial charge in [-0.1, -0.05) is 6.92 Å².